The van der Waals surface area contributed by atoms with Crippen molar-refractivity contribution in [1.82, 2.24) is 4.90 Å². The lowest BCUT2D eigenvalue weighted by molar-refractivity contribution is -0.892. The topological polar surface area (TPSA) is 82.4 Å². The molecule has 0 spiro atoms. The first-order valence-corrected chi connectivity index (χ1v) is 11.9. The molecular weight excluding hydrogens is 378 g/mol. The first-order chi connectivity index (χ1) is 13.2. The highest BCUT2D eigenvalue weighted by Gasteiger charge is 2.36. The van der Waals surface area contributed by atoms with Crippen molar-refractivity contribution < 1.29 is 23.2 Å². The third-order valence-electron chi connectivity index (χ3n) is 5.63. The molecule has 2 saturated heterocycles. The molecule has 1 amide bonds. The molecule has 8 heteroatoms. The number of para-hydroxylation sites is 2. The number of benzene rings is 1. The van der Waals surface area contributed by atoms with Crippen LogP contribution in [0.4, 0.5) is 5.69 Å². The number of rotatable bonds is 6. The maximum absolute atomic E-state index is 13.0. The highest BCUT2D eigenvalue weighted by atomic mass is 32.2. The Kier molecular flexibility index (Phi) is 6.50. The third-order valence-corrected chi connectivity index (χ3v) is 7.38. The molecule has 0 saturated carbocycles. The molecule has 1 aromatic carbocycles. The second kappa shape index (κ2) is 8.69. The van der Waals surface area contributed by atoms with Crippen molar-refractivity contribution in [3.63, 3.8) is 0 Å². The fourth-order valence-corrected chi connectivity index (χ4v) is 5.89. The fraction of sp³-hybridized carbons (Fsp3) is 0.650. The number of aromatic hydroxyl groups is 1. The van der Waals surface area contributed by atoms with Crippen LogP contribution in [0.5, 0.6) is 5.75 Å². The van der Waals surface area contributed by atoms with Crippen LogP contribution in [0.2, 0.25) is 0 Å². The van der Waals surface area contributed by atoms with Gasteiger partial charge >= 0.3 is 0 Å². The van der Waals surface area contributed by atoms with Crippen molar-refractivity contribution in [2.75, 3.05) is 55.7 Å². The monoisotopic (exact) mass is 410 g/mol. The molecule has 2 N–H and O–H groups in total. The van der Waals surface area contributed by atoms with Gasteiger partial charge in [-0.25, -0.2) is 8.42 Å². The molecule has 28 heavy (non-hydrogen) atoms. The van der Waals surface area contributed by atoms with E-state index in [0.29, 0.717) is 25.4 Å². The number of hydrogen-bond donors (Lipinski definition) is 2. The van der Waals surface area contributed by atoms with Crippen LogP contribution in [0.15, 0.2) is 24.3 Å². The summed E-state index contributed by atoms with van der Waals surface area (Å²) in [7, 11) is -3.02. The molecule has 0 unspecified atom stereocenters. The van der Waals surface area contributed by atoms with Gasteiger partial charge in [-0.05, 0) is 24.5 Å². The summed E-state index contributed by atoms with van der Waals surface area (Å²) in [6, 6.07) is 7.15. The average molecular weight is 411 g/mol. The Morgan fingerprint density at radius 2 is 1.96 bits per heavy atom. The quantitative estimate of drug-likeness (QED) is 0.677. The van der Waals surface area contributed by atoms with Gasteiger partial charge in [-0.3, -0.25) is 4.79 Å². The van der Waals surface area contributed by atoms with E-state index in [1.165, 1.54) is 4.90 Å². The highest BCUT2D eigenvalue weighted by molar-refractivity contribution is 7.91. The summed E-state index contributed by atoms with van der Waals surface area (Å²) in [6.07, 6.45) is 0.553. The first-order valence-electron chi connectivity index (χ1n) is 10.1. The predicted octanol–water partition coefficient (Wildman–Crippen LogP) is -0.231. The van der Waals surface area contributed by atoms with Crippen molar-refractivity contribution in [1.29, 1.82) is 0 Å². The molecule has 0 aliphatic carbocycles. The number of piperazine rings is 1. The molecular formula is C20H32N3O4S+. The SMILES string of the molecule is CC(C)CN(C(=O)C[NH+]1CCN(c2ccccc2O)CC1)[C@@H]1CCS(=O)(=O)C1. The molecule has 2 aliphatic heterocycles. The van der Waals surface area contributed by atoms with E-state index in [4.69, 9.17) is 0 Å². The molecule has 2 fully saturated rings. The van der Waals surface area contributed by atoms with E-state index >= 15 is 0 Å². The smallest absolute Gasteiger partial charge is 0.278 e. The van der Waals surface area contributed by atoms with Crippen molar-refractivity contribution in [2.24, 2.45) is 5.92 Å². The van der Waals surface area contributed by atoms with Gasteiger partial charge in [-0.1, -0.05) is 26.0 Å². The number of quaternary nitrogens is 1. The number of phenols is 1. The van der Waals surface area contributed by atoms with Gasteiger partial charge in [0.25, 0.3) is 5.91 Å². The summed E-state index contributed by atoms with van der Waals surface area (Å²) in [4.78, 5) is 18.2. The van der Waals surface area contributed by atoms with Crippen LogP contribution in [-0.4, -0.2) is 81.1 Å². The molecule has 7 nitrogen and oxygen atoms in total. The van der Waals surface area contributed by atoms with Crippen molar-refractivity contribution in [3.8, 4) is 5.75 Å². The van der Waals surface area contributed by atoms with Gasteiger partial charge in [0.15, 0.2) is 16.4 Å². The molecule has 1 atom stereocenters. The summed E-state index contributed by atoms with van der Waals surface area (Å²) < 4.78 is 23.7. The standard InChI is InChI=1S/C20H31N3O4S/c1-16(2)13-23(17-7-12-28(26,27)15-17)20(25)14-21-8-10-22(11-9-21)18-5-3-4-6-19(18)24/h3-6,16-17,24H,7-15H2,1-2H3/p+1/t17-/m1/s1. The van der Waals surface area contributed by atoms with E-state index in [1.54, 1.807) is 6.07 Å². The van der Waals surface area contributed by atoms with Gasteiger partial charge in [-0.15, -0.1) is 0 Å². The Morgan fingerprint density at radius 1 is 1.29 bits per heavy atom. The molecule has 0 radical (unpaired) electrons. The summed E-state index contributed by atoms with van der Waals surface area (Å²) in [5.74, 6) is 0.933. The van der Waals surface area contributed by atoms with Crippen molar-refractivity contribution in [2.45, 2.75) is 26.3 Å². The zero-order valence-electron chi connectivity index (χ0n) is 16.8. The maximum Gasteiger partial charge on any atom is 0.278 e. The number of nitrogens with one attached hydrogen (secondary N) is 1. The number of hydrogen-bond acceptors (Lipinski definition) is 5. The zero-order chi connectivity index (χ0) is 20.3. The van der Waals surface area contributed by atoms with E-state index in [-0.39, 0.29) is 29.2 Å². The molecule has 2 heterocycles. The maximum atomic E-state index is 13.0. The second-order valence-electron chi connectivity index (χ2n) is 8.40. The Bertz CT molecular complexity index is 788. The number of carbonyl (C=O) groups is 1. The number of nitrogens with zero attached hydrogens (tertiary/aromatic N) is 2. The molecule has 0 aromatic heterocycles. The van der Waals surface area contributed by atoms with Crippen LogP contribution in [-0.2, 0) is 14.6 Å². The summed E-state index contributed by atoms with van der Waals surface area (Å²) in [6.45, 7) is 8.32. The first kappa shape index (κ1) is 20.9. The average Bonchev–Trinajstić information content (AvgIpc) is 3.00. The molecule has 2 aliphatic rings. The minimum atomic E-state index is -3.02. The predicted molar refractivity (Wildman–Crippen MR) is 109 cm³/mol. The summed E-state index contributed by atoms with van der Waals surface area (Å²) >= 11 is 0. The molecule has 0 bridgehead atoms. The van der Waals surface area contributed by atoms with Gasteiger partial charge in [0.2, 0.25) is 0 Å². The van der Waals surface area contributed by atoms with E-state index in [0.717, 1.165) is 31.9 Å². The largest absolute Gasteiger partial charge is 0.506 e. The van der Waals surface area contributed by atoms with E-state index in [2.05, 4.69) is 18.7 Å². The van der Waals surface area contributed by atoms with Crippen LogP contribution in [0, 0.1) is 5.92 Å². The van der Waals surface area contributed by atoms with Crippen molar-refractivity contribution >= 4 is 21.4 Å². The number of phenolic OH excluding ortho intramolecular Hbond substituents is 1. The van der Waals surface area contributed by atoms with Gasteiger partial charge in [0.05, 0.1) is 43.4 Å². The normalized spacial score (nSPS) is 22.5. The minimum Gasteiger partial charge on any atom is -0.506 e. The molecule has 3 rings (SSSR count). The Hall–Kier alpha value is -1.80. The third kappa shape index (κ3) is 5.17. The van der Waals surface area contributed by atoms with Gasteiger partial charge < -0.3 is 19.8 Å². The van der Waals surface area contributed by atoms with Gasteiger partial charge in [-0.2, -0.15) is 0 Å². The van der Waals surface area contributed by atoms with Crippen LogP contribution >= 0.6 is 0 Å². The number of amides is 1. The lowest BCUT2D eigenvalue weighted by Crippen LogP contribution is -3.16. The van der Waals surface area contributed by atoms with Gasteiger partial charge in [0.1, 0.15) is 5.75 Å². The summed E-state index contributed by atoms with van der Waals surface area (Å²) in [5, 5.41) is 10.0. The Balaban J connectivity index is 1.58. The van der Waals surface area contributed by atoms with Gasteiger partial charge in [0, 0.05) is 12.6 Å². The molecule has 156 valence electrons. The van der Waals surface area contributed by atoms with Crippen molar-refractivity contribution in [3.05, 3.63) is 24.3 Å². The molecule has 1 aromatic rings. The Labute approximate surface area is 167 Å². The number of sulfone groups is 1. The van der Waals surface area contributed by atoms with E-state index in [1.807, 2.05) is 23.1 Å². The number of carbonyl (C=O) groups excluding carboxylic acids is 1. The Morgan fingerprint density at radius 3 is 2.54 bits per heavy atom. The lowest BCUT2D eigenvalue weighted by Gasteiger charge is -2.35. The van der Waals surface area contributed by atoms with E-state index in [9.17, 15) is 18.3 Å². The van der Waals surface area contributed by atoms with Crippen LogP contribution in [0.3, 0.4) is 0 Å². The van der Waals surface area contributed by atoms with E-state index < -0.39 is 9.84 Å². The summed E-state index contributed by atoms with van der Waals surface area (Å²) in [5.41, 5.74) is 0.838. The minimum absolute atomic E-state index is 0.0572. The second-order valence-corrected chi connectivity index (χ2v) is 10.6. The van der Waals surface area contributed by atoms with Crippen LogP contribution in [0.1, 0.15) is 20.3 Å². The van der Waals surface area contributed by atoms with Crippen LogP contribution < -0.4 is 9.80 Å². The highest BCUT2D eigenvalue weighted by Crippen LogP contribution is 2.26. The zero-order valence-corrected chi connectivity index (χ0v) is 17.6. The lowest BCUT2D eigenvalue weighted by atomic mass is 10.1. The fourth-order valence-electron chi connectivity index (χ4n) is 4.16. The van der Waals surface area contributed by atoms with Crippen LogP contribution in [0.25, 0.3) is 0 Å². The number of anilines is 1.